The number of rotatable bonds is 6. The summed E-state index contributed by atoms with van der Waals surface area (Å²) >= 11 is 7.87. The van der Waals surface area contributed by atoms with Crippen LogP contribution in [-0.2, 0) is 4.74 Å². The molecule has 4 fully saturated rings. The SMILES string of the molecule is COC1CN(C(=O)N2CC3(CCCN(c4nc(O[C@@H](C)[C@@H]5CCCN5C)nc5c(F)c(-c6ccc(F)c7sc(N)c(C#N)c67)c(Cl)cc45)C3)C2)C1. The first-order chi connectivity index (χ1) is 24.5. The molecule has 6 heterocycles. The highest BCUT2D eigenvalue weighted by atomic mass is 35.5. The second-order valence-electron chi connectivity index (χ2n) is 14.5. The van der Waals surface area contributed by atoms with Gasteiger partial charge in [0, 0.05) is 61.1 Å². The van der Waals surface area contributed by atoms with Gasteiger partial charge >= 0.3 is 12.0 Å². The summed E-state index contributed by atoms with van der Waals surface area (Å²) in [7, 11) is 3.72. The van der Waals surface area contributed by atoms with Gasteiger partial charge in [-0.3, -0.25) is 4.90 Å². The molecular weight excluding hydrogens is 698 g/mol. The zero-order valence-electron chi connectivity index (χ0n) is 28.7. The number of carbonyl (C=O) groups is 1. The number of fused-ring (bicyclic) bond motifs is 2. The molecule has 11 nitrogen and oxygen atoms in total. The summed E-state index contributed by atoms with van der Waals surface area (Å²) in [6.45, 7) is 6.68. The van der Waals surface area contributed by atoms with Crippen molar-refractivity contribution in [2.75, 3.05) is 70.6 Å². The number of ether oxygens (including phenoxy) is 2. The largest absolute Gasteiger partial charge is 0.459 e. The van der Waals surface area contributed by atoms with Crippen LogP contribution in [0, 0.1) is 28.4 Å². The van der Waals surface area contributed by atoms with Crippen molar-refractivity contribution in [2.45, 2.75) is 50.9 Å². The highest BCUT2D eigenvalue weighted by Gasteiger charge is 2.50. The highest BCUT2D eigenvalue weighted by molar-refractivity contribution is 7.23. The lowest BCUT2D eigenvalue weighted by Gasteiger charge is -2.56. The van der Waals surface area contributed by atoms with Crippen molar-refractivity contribution < 1.29 is 23.0 Å². The summed E-state index contributed by atoms with van der Waals surface area (Å²) in [5, 5.41) is 10.7. The van der Waals surface area contributed by atoms with Crippen LogP contribution in [0.4, 0.5) is 24.4 Å². The van der Waals surface area contributed by atoms with Gasteiger partial charge in [-0.1, -0.05) is 17.7 Å². The Morgan fingerprint density at radius 1 is 1.18 bits per heavy atom. The fourth-order valence-electron chi connectivity index (χ4n) is 8.47. The normalized spacial score (nSPS) is 21.3. The quantitative estimate of drug-likeness (QED) is 0.250. The standard InChI is InChI=1S/C36H39ClF2N8O3S/c1-19(26-6-4-10-44(26)2)50-34-42-30-22(12-24(37)28(29(30)39)21-7-8-25(38)31-27(21)23(13-40)32(41)51-31)33(43-34)45-11-5-9-36(16-45)17-47(18-36)35(48)46-14-20(15-46)49-3/h7-8,12,19-20,26H,4-6,9-11,14-18,41H2,1-3H3/t19-,26-/m0/s1. The Kier molecular flexibility index (Phi) is 8.60. The number of nitrogens with zero attached hydrogens (tertiary/aromatic N) is 7. The number of piperidine rings is 1. The molecule has 0 radical (unpaired) electrons. The van der Waals surface area contributed by atoms with Gasteiger partial charge in [-0.05, 0) is 63.9 Å². The first-order valence-electron chi connectivity index (χ1n) is 17.3. The molecule has 8 rings (SSSR count). The molecule has 2 amide bonds. The van der Waals surface area contributed by atoms with E-state index in [2.05, 4.69) is 27.9 Å². The van der Waals surface area contributed by atoms with Gasteiger partial charge in [0.25, 0.3) is 0 Å². The Bertz CT molecular complexity index is 2100. The number of likely N-dealkylation sites (N-methyl/N-ethyl adjacent to an activating group) is 1. The molecule has 15 heteroatoms. The fourth-order valence-corrected chi connectivity index (χ4v) is 9.72. The van der Waals surface area contributed by atoms with Crippen LogP contribution in [-0.4, -0.2) is 109 Å². The predicted octanol–water partition coefficient (Wildman–Crippen LogP) is 6.11. The van der Waals surface area contributed by atoms with Gasteiger partial charge in [-0.2, -0.15) is 15.2 Å². The van der Waals surface area contributed by atoms with Crippen LogP contribution in [0.5, 0.6) is 6.01 Å². The van der Waals surface area contributed by atoms with Crippen molar-refractivity contribution in [3.05, 3.63) is 40.4 Å². The highest BCUT2D eigenvalue weighted by Crippen LogP contribution is 2.47. The number of halogens is 3. The topological polar surface area (TPSA) is 124 Å². The Morgan fingerprint density at radius 3 is 2.67 bits per heavy atom. The van der Waals surface area contributed by atoms with E-state index in [9.17, 15) is 14.4 Å². The van der Waals surface area contributed by atoms with Crippen molar-refractivity contribution >= 4 is 60.8 Å². The van der Waals surface area contributed by atoms with Crippen LogP contribution < -0.4 is 15.4 Å². The number of anilines is 2. The van der Waals surface area contributed by atoms with Gasteiger partial charge in [-0.15, -0.1) is 11.3 Å². The average molecular weight is 737 g/mol. The molecule has 51 heavy (non-hydrogen) atoms. The molecule has 4 aliphatic rings. The zero-order valence-corrected chi connectivity index (χ0v) is 30.3. The Balaban J connectivity index is 1.19. The maximum Gasteiger partial charge on any atom is 0.320 e. The summed E-state index contributed by atoms with van der Waals surface area (Å²) in [6.07, 6.45) is 3.66. The van der Waals surface area contributed by atoms with E-state index in [-0.39, 0.29) is 78.0 Å². The Morgan fingerprint density at radius 2 is 1.96 bits per heavy atom. The minimum atomic E-state index is -0.728. The maximum absolute atomic E-state index is 17.1. The molecule has 0 saturated carbocycles. The van der Waals surface area contributed by atoms with E-state index in [4.69, 9.17) is 31.8 Å². The smallest absolute Gasteiger partial charge is 0.320 e. The summed E-state index contributed by atoms with van der Waals surface area (Å²) < 4.78 is 44.0. The molecule has 2 aromatic heterocycles. The number of urea groups is 1. The molecule has 0 bridgehead atoms. The molecule has 4 aromatic rings. The Labute approximate surface area is 303 Å². The van der Waals surface area contributed by atoms with Gasteiger partial charge in [0.15, 0.2) is 5.82 Å². The number of hydrogen-bond acceptors (Lipinski definition) is 10. The van der Waals surface area contributed by atoms with Gasteiger partial charge in [0.2, 0.25) is 0 Å². The molecule has 0 aliphatic carbocycles. The van der Waals surface area contributed by atoms with Gasteiger partial charge in [0.05, 0.1) is 34.5 Å². The van der Waals surface area contributed by atoms with E-state index in [1.54, 1.807) is 13.2 Å². The third-order valence-electron chi connectivity index (χ3n) is 11.2. The first kappa shape index (κ1) is 34.1. The lowest BCUT2D eigenvalue weighted by Crippen LogP contribution is -2.68. The molecule has 2 aromatic carbocycles. The Hall–Kier alpha value is -4.03. The van der Waals surface area contributed by atoms with E-state index < -0.39 is 11.6 Å². The number of hydrogen-bond donors (Lipinski definition) is 1. The van der Waals surface area contributed by atoms with Crippen LogP contribution in [0.3, 0.4) is 0 Å². The number of aromatic nitrogens is 2. The second-order valence-corrected chi connectivity index (χ2v) is 15.9. The summed E-state index contributed by atoms with van der Waals surface area (Å²) in [4.78, 5) is 30.8. The number of nitriles is 1. The second kappa shape index (κ2) is 12.9. The number of thiophene rings is 1. The van der Waals surface area contributed by atoms with E-state index >= 15 is 4.39 Å². The van der Waals surface area contributed by atoms with E-state index in [0.29, 0.717) is 50.5 Å². The molecule has 0 unspecified atom stereocenters. The lowest BCUT2D eigenvalue weighted by atomic mass is 9.73. The maximum atomic E-state index is 17.1. The van der Waals surface area contributed by atoms with Crippen LogP contribution in [0.25, 0.3) is 32.1 Å². The number of methoxy groups -OCH3 is 1. The number of carbonyl (C=O) groups excluding carboxylic acids is 1. The number of likely N-dealkylation sites (tertiary alicyclic amines) is 3. The summed E-state index contributed by atoms with van der Waals surface area (Å²) in [6, 6.07) is 6.59. The number of nitrogen functional groups attached to an aromatic ring is 1. The van der Waals surface area contributed by atoms with Crippen molar-refractivity contribution in [3.8, 4) is 23.2 Å². The fraction of sp³-hybridized carbons (Fsp3) is 0.500. The third-order valence-corrected chi connectivity index (χ3v) is 12.5. The third kappa shape index (κ3) is 5.69. The number of benzene rings is 2. The molecule has 1 spiro atoms. The number of nitrogens with two attached hydrogens (primary N) is 1. The molecule has 2 atom stereocenters. The first-order valence-corrected chi connectivity index (χ1v) is 18.5. The van der Waals surface area contributed by atoms with Crippen LogP contribution in [0.15, 0.2) is 18.2 Å². The van der Waals surface area contributed by atoms with Crippen molar-refractivity contribution in [3.63, 3.8) is 0 Å². The predicted molar refractivity (Wildman–Crippen MR) is 193 cm³/mol. The van der Waals surface area contributed by atoms with Gasteiger partial charge in [0.1, 0.15) is 34.3 Å². The summed E-state index contributed by atoms with van der Waals surface area (Å²) in [5.41, 5.74) is 6.29. The van der Waals surface area contributed by atoms with E-state index in [1.807, 2.05) is 16.7 Å². The summed E-state index contributed by atoms with van der Waals surface area (Å²) in [5.74, 6) is -0.783. The average Bonchev–Trinajstić information content (AvgIpc) is 3.66. The molecule has 268 valence electrons. The van der Waals surface area contributed by atoms with E-state index in [1.165, 1.54) is 12.1 Å². The minimum Gasteiger partial charge on any atom is -0.459 e. The monoisotopic (exact) mass is 736 g/mol. The van der Waals surface area contributed by atoms with Crippen molar-refractivity contribution in [2.24, 2.45) is 5.41 Å². The zero-order chi connectivity index (χ0) is 35.8. The molecular formula is C36H39ClF2N8O3S. The molecule has 2 N–H and O–H groups in total. The van der Waals surface area contributed by atoms with Crippen molar-refractivity contribution in [1.29, 1.82) is 5.26 Å². The van der Waals surface area contributed by atoms with Gasteiger partial charge < -0.3 is 29.9 Å². The minimum absolute atomic E-state index is 0.00684. The van der Waals surface area contributed by atoms with E-state index in [0.717, 1.165) is 43.6 Å². The lowest BCUT2D eigenvalue weighted by molar-refractivity contribution is -0.0412. The van der Waals surface area contributed by atoms with Crippen LogP contribution in [0.2, 0.25) is 5.02 Å². The molecule has 4 saturated heterocycles. The van der Waals surface area contributed by atoms with Crippen molar-refractivity contribution in [1.82, 2.24) is 24.7 Å². The van der Waals surface area contributed by atoms with Crippen LogP contribution in [0.1, 0.15) is 38.2 Å². The number of amides is 2. The van der Waals surface area contributed by atoms with Gasteiger partial charge in [-0.25, -0.2) is 13.6 Å². The molecule has 4 aliphatic heterocycles. The van der Waals surface area contributed by atoms with Crippen LogP contribution >= 0.6 is 22.9 Å².